The number of hydrogen-bond acceptors (Lipinski definition) is 4. The summed E-state index contributed by atoms with van der Waals surface area (Å²) in [5.41, 5.74) is -0.325. The van der Waals surface area contributed by atoms with Crippen LogP contribution in [0.3, 0.4) is 0 Å². The van der Waals surface area contributed by atoms with Crippen LogP contribution in [0.25, 0.3) is 0 Å². The molecule has 0 spiro atoms. The average molecular weight is 372 g/mol. The van der Waals surface area contributed by atoms with Gasteiger partial charge in [-0.15, -0.1) is 11.3 Å². The molecular weight excluding hydrogens is 354 g/mol. The molecule has 1 fully saturated rings. The normalized spacial score (nSPS) is 17.9. The molecule has 1 heterocycles. The minimum atomic E-state index is -3.72. The Balaban J connectivity index is 1.81. The molecular formula is C16H18ClNO3S2. The number of thiophene rings is 1. The van der Waals surface area contributed by atoms with Crippen molar-refractivity contribution in [2.75, 3.05) is 6.54 Å². The van der Waals surface area contributed by atoms with E-state index in [1.54, 1.807) is 6.07 Å². The summed E-state index contributed by atoms with van der Waals surface area (Å²) >= 11 is 7.45. The number of sulfonamides is 1. The van der Waals surface area contributed by atoms with Crippen LogP contribution in [0.4, 0.5) is 0 Å². The molecule has 1 aromatic carbocycles. The highest BCUT2D eigenvalue weighted by Gasteiger charge is 2.46. The van der Waals surface area contributed by atoms with Crippen LogP contribution in [-0.2, 0) is 15.6 Å². The molecule has 1 aliphatic carbocycles. The van der Waals surface area contributed by atoms with E-state index < -0.39 is 15.6 Å². The van der Waals surface area contributed by atoms with E-state index in [9.17, 15) is 13.5 Å². The Labute approximate surface area is 145 Å². The molecule has 0 radical (unpaired) electrons. The molecule has 23 heavy (non-hydrogen) atoms. The number of rotatable bonds is 6. The fourth-order valence-corrected chi connectivity index (χ4v) is 4.79. The molecule has 2 aromatic rings. The van der Waals surface area contributed by atoms with Gasteiger partial charge in [-0.1, -0.05) is 23.7 Å². The van der Waals surface area contributed by atoms with Gasteiger partial charge in [0.2, 0.25) is 10.0 Å². The predicted molar refractivity (Wildman–Crippen MR) is 92.3 cm³/mol. The van der Waals surface area contributed by atoms with Crippen molar-refractivity contribution < 1.29 is 13.5 Å². The third-order valence-electron chi connectivity index (χ3n) is 4.19. The van der Waals surface area contributed by atoms with E-state index in [1.165, 1.54) is 23.5 Å². The second kappa shape index (κ2) is 6.18. The molecule has 1 unspecified atom stereocenters. The summed E-state index contributed by atoms with van der Waals surface area (Å²) in [5.74, 6) is 0.102. The zero-order valence-electron chi connectivity index (χ0n) is 12.6. The minimum Gasteiger partial charge on any atom is -0.383 e. The van der Waals surface area contributed by atoms with Crippen molar-refractivity contribution in [1.82, 2.24) is 4.72 Å². The van der Waals surface area contributed by atoms with Gasteiger partial charge in [0.25, 0.3) is 0 Å². The summed E-state index contributed by atoms with van der Waals surface area (Å²) in [5, 5.41) is 13.3. The summed E-state index contributed by atoms with van der Waals surface area (Å²) in [7, 11) is -3.72. The Kier molecular flexibility index (Phi) is 4.55. The van der Waals surface area contributed by atoms with Crippen molar-refractivity contribution in [1.29, 1.82) is 0 Å². The molecule has 124 valence electrons. The van der Waals surface area contributed by atoms with Crippen LogP contribution in [0, 0.1) is 12.8 Å². The van der Waals surface area contributed by atoms with Crippen molar-refractivity contribution in [3.63, 3.8) is 0 Å². The number of nitrogens with one attached hydrogen (secondary N) is 1. The molecule has 1 atom stereocenters. The largest absolute Gasteiger partial charge is 0.383 e. The lowest BCUT2D eigenvalue weighted by Gasteiger charge is -2.27. The lowest BCUT2D eigenvalue weighted by atomic mass is 9.96. The molecule has 7 heteroatoms. The average Bonchev–Trinajstić information content (AvgIpc) is 3.23. The monoisotopic (exact) mass is 371 g/mol. The first-order valence-electron chi connectivity index (χ1n) is 7.35. The zero-order chi connectivity index (χ0) is 16.7. The molecule has 2 N–H and O–H groups in total. The van der Waals surface area contributed by atoms with Crippen LogP contribution in [-0.4, -0.2) is 20.1 Å². The van der Waals surface area contributed by atoms with Gasteiger partial charge < -0.3 is 5.11 Å². The fraction of sp³-hybridized carbons (Fsp3) is 0.375. The van der Waals surface area contributed by atoms with Gasteiger partial charge in [0.1, 0.15) is 5.60 Å². The SMILES string of the molecule is Cc1ccc(S(=O)(=O)NCC(O)(c2cccs2)C2CC2)cc1Cl. The van der Waals surface area contributed by atoms with Crippen molar-refractivity contribution >= 4 is 33.0 Å². The lowest BCUT2D eigenvalue weighted by Crippen LogP contribution is -2.41. The topological polar surface area (TPSA) is 66.4 Å². The highest BCUT2D eigenvalue weighted by atomic mass is 35.5. The Morgan fingerprint density at radius 3 is 2.70 bits per heavy atom. The second-order valence-corrected chi connectivity index (χ2v) is 9.03. The molecule has 4 nitrogen and oxygen atoms in total. The Hall–Kier alpha value is -0.920. The van der Waals surface area contributed by atoms with Gasteiger partial charge in [0.05, 0.1) is 4.90 Å². The van der Waals surface area contributed by atoms with Crippen molar-refractivity contribution in [3.8, 4) is 0 Å². The van der Waals surface area contributed by atoms with E-state index >= 15 is 0 Å². The Morgan fingerprint density at radius 1 is 1.39 bits per heavy atom. The summed E-state index contributed by atoms with van der Waals surface area (Å²) in [6.07, 6.45) is 1.82. The maximum atomic E-state index is 12.5. The Morgan fingerprint density at radius 2 is 2.13 bits per heavy atom. The lowest BCUT2D eigenvalue weighted by molar-refractivity contribution is 0.0222. The third-order valence-corrected chi connectivity index (χ3v) is 7.03. The number of aliphatic hydroxyl groups is 1. The van der Waals surface area contributed by atoms with Crippen LogP contribution in [0.5, 0.6) is 0 Å². The van der Waals surface area contributed by atoms with Gasteiger partial charge in [0.15, 0.2) is 0 Å². The van der Waals surface area contributed by atoms with E-state index in [0.29, 0.717) is 5.02 Å². The smallest absolute Gasteiger partial charge is 0.240 e. The number of hydrogen-bond donors (Lipinski definition) is 2. The van der Waals surface area contributed by atoms with Gasteiger partial charge in [-0.25, -0.2) is 13.1 Å². The van der Waals surface area contributed by atoms with Crippen LogP contribution in [0.1, 0.15) is 23.3 Å². The maximum Gasteiger partial charge on any atom is 0.240 e. The van der Waals surface area contributed by atoms with Crippen LogP contribution in [0.15, 0.2) is 40.6 Å². The standard InChI is InChI=1S/C16H18ClNO3S2/c1-11-4-7-13(9-14(11)17)23(20,21)18-10-16(19,12-5-6-12)15-3-2-8-22-15/h2-4,7-9,12,18-19H,5-6,10H2,1H3. The summed E-state index contributed by atoms with van der Waals surface area (Å²) in [4.78, 5) is 0.905. The molecule has 0 amide bonds. The third kappa shape index (κ3) is 3.46. The second-order valence-electron chi connectivity index (χ2n) is 5.91. The molecule has 1 aromatic heterocycles. The first kappa shape index (κ1) is 16.9. The van der Waals surface area contributed by atoms with Crippen LogP contribution in [0.2, 0.25) is 5.02 Å². The molecule has 1 saturated carbocycles. The zero-order valence-corrected chi connectivity index (χ0v) is 15.0. The first-order valence-corrected chi connectivity index (χ1v) is 10.1. The highest BCUT2D eigenvalue weighted by molar-refractivity contribution is 7.89. The fourth-order valence-electron chi connectivity index (χ4n) is 2.55. The van der Waals surface area contributed by atoms with Crippen molar-refractivity contribution in [2.45, 2.75) is 30.3 Å². The minimum absolute atomic E-state index is 0.0357. The predicted octanol–water partition coefficient (Wildman–Crippen LogP) is 3.29. The molecule has 3 rings (SSSR count). The summed E-state index contributed by atoms with van der Waals surface area (Å²) in [6, 6.07) is 8.33. The molecule has 1 aliphatic rings. The van der Waals surface area contributed by atoms with Gasteiger partial charge in [-0.3, -0.25) is 0 Å². The van der Waals surface area contributed by atoms with Gasteiger partial charge >= 0.3 is 0 Å². The van der Waals surface area contributed by atoms with Crippen LogP contribution >= 0.6 is 22.9 Å². The Bertz CT molecular complexity index is 801. The number of halogens is 1. The van der Waals surface area contributed by atoms with Crippen LogP contribution < -0.4 is 4.72 Å². The maximum absolute atomic E-state index is 12.5. The number of benzene rings is 1. The van der Waals surface area contributed by atoms with Gasteiger partial charge in [-0.2, -0.15) is 0 Å². The summed E-state index contributed by atoms with van der Waals surface area (Å²) < 4.78 is 27.5. The van der Waals surface area contributed by atoms with Crippen molar-refractivity contribution in [2.24, 2.45) is 5.92 Å². The van der Waals surface area contributed by atoms with E-state index in [1.807, 2.05) is 24.4 Å². The highest BCUT2D eigenvalue weighted by Crippen LogP contribution is 2.46. The molecule has 0 bridgehead atoms. The van der Waals surface area contributed by atoms with Gasteiger partial charge in [-0.05, 0) is 54.8 Å². The molecule has 0 aliphatic heterocycles. The van der Waals surface area contributed by atoms with E-state index in [4.69, 9.17) is 11.6 Å². The quantitative estimate of drug-likeness (QED) is 0.818. The van der Waals surface area contributed by atoms with Crippen molar-refractivity contribution in [3.05, 3.63) is 51.2 Å². The summed E-state index contributed by atoms with van der Waals surface area (Å²) in [6.45, 7) is 1.78. The van der Waals surface area contributed by atoms with E-state index in [-0.39, 0.29) is 17.4 Å². The van der Waals surface area contributed by atoms with Gasteiger partial charge in [0, 0.05) is 16.4 Å². The number of aryl methyl sites for hydroxylation is 1. The molecule has 0 saturated heterocycles. The van der Waals surface area contributed by atoms with E-state index in [0.717, 1.165) is 23.3 Å². The first-order chi connectivity index (χ1) is 10.8. The van der Waals surface area contributed by atoms with E-state index in [2.05, 4.69) is 4.72 Å².